The number of nitrogens with zero attached hydrogens (tertiary/aromatic N) is 5. The second kappa shape index (κ2) is 11.8. The number of para-hydroxylation sites is 1. The number of benzene rings is 7. The maximum absolute atomic E-state index is 6.43. The van der Waals surface area contributed by atoms with Gasteiger partial charge in [-0.3, -0.25) is 0 Å². The molecule has 6 heteroatoms. The first-order chi connectivity index (χ1) is 25.3. The molecule has 0 amide bonds. The van der Waals surface area contributed by atoms with Crippen LogP contribution in [0.4, 0.5) is 0 Å². The van der Waals surface area contributed by atoms with Crippen LogP contribution < -0.4 is 0 Å². The van der Waals surface area contributed by atoms with Crippen LogP contribution in [0.2, 0.25) is 0 Å². The van der Waals surface area contributed by atoms with E-state index in [4.69, 9.17) is 29.3 Å². The Kier molecular flexibility index (Phi) is 6.70. The topological polar surface area (TPSA) is 77.6 Å². The van der Waals surface area contributed by atoms with E-state index in [2.05, 4.69) is 60.7 Å². The van der Waals surface area contributed by atoms with Gasteiger partial charge in [-0.25, -0.2) is 24.9 Å². The molecule has 0 N–H and O–H groups in total. The smallest absolute Gasteiger partial charge is 0.164 e. The summed E-state index contributed by atoms with van der Waals surface area (Å²) >= 11 is 0. The fourth-order valence-electron chi connectivity index (χ4n) is 6.92. The number of rotatable bonds is 5. The molecule has 10 rings (SSSR count). The highest BCUT2D eigenvalue weighted by molar-refractivity contribution is 6.13. The van der Waals surface area contributed by atoms with Gasteiger partial charge in [0.05, 0.1) is 11.2 Å². The van der Waals surface area contributed by atoms with E-state index in [9.17, 15) is 0 Å². The van der Waals surface area contributed by atoms with Crippen LogP contribution in [-0.2, 0) is 0 Å². The summed E-state index contributed by atoms with van der Waals surface area (Å²) in [4.78, 5) is 25.3. The summed E-state index contributed by atoms with van der Waals surface area (Å²) in [5.74, 6) is 2.43. The second-order valence-electron chi connectivity index (χ2n) is 12.5. The number of hydrogen-bond acceptors (Lipinski definition) is 6. The normalized spacial score (nSPS) is 11.5. The van der Waals surface area contributed by atoms with Crippen molar-refractivity contribution in [3.63, 3.8) is 0 Å². The van der Waals surface area contributed by atoms with Gasteiger partial charge in [-0.1, -0.05) is 133 Å². The summed E-state index contributed by atoms with van der Waals surface area (Å²) in [6.45, 7) is 0. The molecule has 51 heavy (non-hydrogen) atoms. The van der Waals surface area contributed by atoms with Crippen molar-refractivity contribution < 1.29 is 4.42 Å². The fraction of sp³-hybridized carbons (Fsp3) is 0. The molecule has 6 nitrogen and oxygen atoms in total. The molecular formula is C45H27N5O. The van der Waals surface area contributed by atoms with Crippen molar-refractivity contribution in [2.24, 2.45) is 0 Å². The minimum atomic E-state index is 0.571. The van der Waals surface area contributed by atoms with Gasteiger partial charge in [0.25, 0.3) is 0 Å². The van der Waals surface area contributed by atoms with Gasteiger partial charge in [0.15, 0.2) is 23.3 Å². The lowest BCUT2D eigenvalue weighted by atomic mass is 9.99. The van der Waals surface area contributed by atoms with Gasteiger partial charge < -0.3 is 4.42 Å². The summed E-state index contributed by atoms with van der Waals surface area (Å²) in [7, 11) is 0. The van der Waals surface area contributed by atoms with E-state index in [1.807, 2.05) is 103 Å². The molecule has 0 saturated heterocycles. The molecule has 7 aromatic carbocycles. The molecule has 238 valence electrons. The van der Waals surface area contributed by atoms with E-state index in [1.165, 1.54) is 5.39 Å². The lowest BCUT2D eigenvalue weighted by molar-refractivity contribution is 0.669. The van der Waals surface area contributed by atoms with Crippen molar-refractivity contribution in [2.45, 2.75) is 0 Å². The Morgan fingerprint density at radius 3 is 1.75 bits per heavy atom. The Hall–Kier alpha value is -7.05. The fourth-order valence-corrected chi connectivity index (χ4v) is 6.92. The molecule has 10 aromatic rings. The summed E-state index contributed by atoms with van der Waals surface area (Å²) in [6.07, 6.45) is 0. The van der Waals surface area contributed by atoms with Crippen LogP contribution in [0.5, 0.6) is 0 Å². The van der Waals surface area contributed by atoms with Gasteiger partial charge in [0.1, 0.15) is 11.2 Å². The SMILES string of the molecule is c1ccc(-c2nc(-c3ccccc3)nc(-c3cccc4oc5ccc(-c6nc(-c7cccc8ccccc78)c7ccccc7n6)cc5c34)n2)cc1. The molecule has 0 radical (unpaired) electrons. The zero-order valence-electron chi connectivity index (χ0n) is 27.2. The zero-order valence-corrected chi connectivity index (χ0v) is 27.2. The highest BCUT2D eigenvalue weighted by Crippen LogP contribution is 2.39. The minimum absolute atomic E-state index is 0.571. The van der Waals surface area contributed by atoms with Gasteiger partial charge in [-0.15, -0.1) is 0 Å². The summed E-state index contributed by atoms with van der Waals surface area (Å²) in [5.41, 5.74) is 7.95. The number of hydrogen-bond donors (Lipinski definition) is 0. The lowest BCUT2D eigenvalue weighted by Crippen LogP contribution is -2.00. The molecule has 0 aliphatic rings. The van der Waals surface area contributed by atoms with Gasteiger partial charge in [-0.05, 0) is 41.1 Å². The molecule has 0 aliphatic carbocycles. The zero-order chi connectivity index (χ0) is 33.7. The third-order valence-corrected chi connectivity index (χ3v) is 9.34. The highest BCUT2D eigenvalue weighted by Gasteiger charge is 2.20. The molecule has 0 saturated carbocycles. The maximum Gasteiger partial charge on any atom is 0.164 e. The van der Waals surface area contributed by atoms with E-state index >= 15 is 0 Å². The Bertz CT molecular complexity index is 2860. The molecule has 0 unspecified atom stereocenters. The number of aromatic nitrogens is 5. The number of fused-ring (bicyclic) bond motifs is 5. The first kappa shape index (κ1) is 28.9. The Morgan fingerprint density at radius 2 is 0.961 bits per heavy atom. The first-order valence-electron chi connectivity index (χ1n) is 16.8. The molecule has 0 atom stereocenters. The maximum atomic E-state index is 6.43. The summed E-state index contributed by atoms with van der Waals surface area (Å²) < 4.78 is 6.43. The van der Waals surface area contributed by atoms with E-state index in [0.717, 1.165) is 71.7 Å². The number of furan rings is 1. The molecule has 0 fully saturated rings. The van der Waals surface area contributed by atoms with E-state index in [0.29, 0.717) is 23.3 Å². The lowest BCUT2D eigenvalue weighted by Gasteiger charge is -2.12. The van der Waals surface area contributed by atoms with Crippen LogP contribution in [-0.4, -0.2) is 24.9 Å². The molecule has 0 bridgehead atoms. The van der Waals surface area contributed by atoms with Gasteiger partial charge in [0.2, 0.25) is 0 Å². The van der Waals surface area contributed by atoms with Crippen LogP contribution in [0.15, 0.2) is 168 Å². The molecule has 0 spiro atoms. The van der Waals surface area contributed by atoms with E-state index in [-0.39, 0.29) is 0 Å². The predicted octanol–water partition coefficient (Wildman–Crippen LogP) is 11.2. The summed E-state index contributed by atoms with van der Waals surface area (Å²) in [6, 6.07) is 55.2. The monoisotopic (exact) mass is 653 g/mol. The van der Waals surface area contributed by atoms with Crippen molar-refractivity contribution in [3.05, 3.63) is 164 Å². The van der Waals surface area contributed by atoms with E-state index in [1.54, 1.807) is 0 Å². The highest BCUT2D eigenvalue weighted by atomic mass is 16.3. The predicted molar refractivity (Wildman–Crippen MR) is 205 cm³/mol. The largest absolute Gasteiger partial charge is 0.456 e. The van der Waals surface area contributed by atoms with E-state index < -0.39 is 0 Å². The van der Waals surface area contributed by atoms with Crippen LogP contribution in [0.3, 0.4) is 0 Å². The van der Waals surface area contributed by atoms with Crippen LogP contribution in [0, 0.1) is 0 Å². The average Bonchev–Trinajstić information content (AvgIpc) is 3.59. The van der Waals surface area contributed by atoms with Crippen molar-refractivity contribution in [1.82, 2.24) is 24.9 Å². The molecule has 3 aromatic heterocycles. The molecular weight excluding hydrogens is 627 g/mol. The van der Waals surface area contributed by atoms with Gasteiger partial charge in [0, 0.05) is 44.0 Å². The van der Waals surface area contributed by atoms with Crippen LogP contribution >= 0.6 is 0 Å². The first-order valence-corrected chi connectivity index (χ1v) is 16.8. The van der Waals surface area contributed by atoms with Crippen molar-refractivity contribution in [3.8, 4) is 56.8 Å². The Balaban J connectivity index is 1.19. The Morgan fingerprint density at radius 1 is 0.353 bits per heavy atom. The third-order valence-electron chi connectivity index (χ3n) is 9.34. The van der Waals surface area contributed by atoms with Crippen molar-refractivity contribution in [2.75, 3.05) is 0 Å². The second-order valence-corrected chi connectivity index (χ2v) is 12.5. The third kappa shape index (κ3) is 5.01. The van der Waals surface area contributed by atoms with Gasteiger partial charge in [-0.2, -0.15) is 0 Å². The average molecular weight is 654 g/mol. The Labute approximate surface area is 292 Å². The van der Waals surface area contributed by atoms with Gasteiger partial charge >= 0.3 is 0 Å². The molecule has 0 aliphatic heterocycles. The van der Waals surface area contributed by atoms with Crippen LogP contribution in [0.25, 0.3) is 100 Å². The summed E-state index contributed by atoms with van der Waals surface area (Å²) in [5, 5.41) is 5.19. The molecule has 3 heterocycles. The quantitative estimate of drug-likeness (QED) is 0.184. The van der Waals surface area contributed by atoms with Crippen LogP contribution in [0.1, 0.15) is 0 Å². The minimum Gasteiger partial charge on any atom is -0.456 e. The van der Waals surface area contributed by atoms with Crippen molar-refractivity contribution in [1.29, 1.82) is 0 Å². The van der Waals surface area contributed by atoms with Crippen molar-refractivity contribution >= 4 is 43.6 Å². The standard InChI is InChI=1S/C45H27N5O/c1-3-14-29(15-4-1)42-48-43(30-16-5-2-6-17-30)50-45(49-42)35-22-12-24-39-40(35)36-27-31(25-26-38(36)51-39)44-46-37-23-10-9-20-34(37)41(47-44)33-21-11-18-28-13-7-8-19-32(28)33/h1-27H.